The van der Waals surface area contributed by atoms with E-state index in [9.17, 15) is 28.8 Å². The van der Waals surface area contributed by atoms with Gasteiger partial charge < -0.3 is 65.1 Å². The molecule has 1 saturated heterocycles. The number of nitrogens with two attached hydrogens (primary N) is 4. The highest BCUT2D eigenvalue weighted by molar-refractivity contribution is 5.95. The van der Waals surface area contributed by atoms with Crippen molar-refractivity contribution in [3.63, 3.8) is 0 Å². The zero-order valence-corrected chi connectivity index (χ0v) is 42.1. The van der Waals surface area contributed by atoms with Gasteiger partial charge in [0.25, 0.3) is 0 Å². The average molecular weight is 965 g/mol. The summed E-state index contributed by atoms with van der Waals surface area (Å²) in [6.07, 6.45) is 7.66. The SMILES string of the molecule is CC(C)C[C@@H](NC(=O)[C@@H](Cc1ccccc1)NC(=O)[C@H](N)Cc1ccccc1)C(=O)N[C@H](CCCN)C(=O)NCCCC[C@H](NC(=O)[C@H](N)CCCN)C(=O)N1CCNCC1.CCCCNCCC. The standard InChI is InChI=1S/C44H71N11O6.C7H17N/c1-30(2)27-37(54-43(60)38(29-32-15-7-4-8-16-32)53-40(57)34(48)28-31-13-5-3-6-14-31)42(59)51-35(19-12-21-46)41(58)50-22-10-9-18-36(44(61)55-25-23-49-24-26-55)52-39(56)33(47)17-11-20-45;1-3-5-7-8-6-4-2/h3-8,13-16,30,33-38,49H,9-12,17-29,45-48H2,1-2H3,(H,50,58)(H,51,59)(H,52,56)(H,53,57)(H,54,60);8H,3-7H2,1-2H3/t33-,34-,35-,36+,37-,38-;/m1./s1. The van der Waals surface area contributed by atoms with Gasteiger partial charge in [0.15, 0.2) is 0 Å². The number of benzene rings is 2. The van der Waals surface area contributed by atoms with Gasteiger partial charge in [0, 0.05) is 39.1 Å². The van der Waals surface area contributed by atoms with Crippen molar-refractivity contribution in [2.45, 2.75) is 147 Å². The molecular formula is C51H88N12O6. The van der Waals surface area contributed by atoms with E-state index in [1.807, 2.05) is 74.5 Å². The third-order valence-electron chi connectivity index (χ3n) is 11.7. The molecule has 3 rings (SSSR count). The van der Waals surface area contributed by atoms with Crippen LogP contribution in [0.15, 0.2) is 60.7 Å². The molecule has 0 aliphatic carbocycles. The molecule has 2 aromatic carbocycles. The molecular weight excluding hydrogens is 877 g/mol. The average Bonchev–Trinajstić information content (AvgIpc) is 3.35. The molecule has 1 heterocycles. The Balaban J connectivity index is 0.00000186. The number of nitrogens with one attached hydrogen (secondary N) is 7. The van der Waals surface area contributed by atoms with Crippen LogP contribution in [-0.4, -0.2) is 135 Å². The van der Waals surface area contributed by atoms with Gasteiger partial charge in [0.1, 0.15) is 24.2 Å². The fourth-order valence-corrected chi connectivity index (χ4v) is 7.66. The summed E-state index contributed by atoms with van der Waals surface area (Å²) in [6, 6.07) is 13.1. The van der Waals surface area contributed by atoms with Crippen molar-refractivity contribution >= 4 is 35.4 Å². The Morgan fingerprint density at radius 3 is 1.70 bits per heavy atom. The molecule has 0 saturated carbocycles. The highest BCUT2D eigenvalue weighted by atomic mass is 16.2. The Labute approximate surface area is 412 Å². The number of rotatable bonds is 32. The first kappa shape index (κ1) is 60.1. The number of carbonyl (C=O) groups excluding carboxylic acids is 6. The van der Waals surface area contributed by atoms with E-state index < -0.39 is 65.8 Å². The van der Waals surface area contributed by atoms with E-state index in [4.69, 9.17) is 22.9 Å². The summed E-state index contributed by atoms with van der Waals surface area (Å²) in [5.41, 5.74) is 25.4. The third kappa shape index (κ3) is 25.5. The second-order valence-corrected chi connectivity index (χ2v) is 18.3. The molecule has 0 unspecified atom stereocenters. The minimum atomic E-state index is -1.04. The normalized spacial score (nSPS) is 15.0. The molecule has 69 heavy (non-hydrogen) atoms. The van der Waals surface area contributed by atoms with Gasteiger partial charge in [0.05, 0.1) is 12.1 Å². The molecule has 1 fully saturated rings. The van der Waals surface area contributed by atoms with Crippen LogP contribution in [0.2, 0.25) is 0 Å². The third-order valence-corrected chi connectivity index (χ3v) is 11.7. The molecule has 18 heteroatoms. The maximum absolute atomic E-state index is 14.0. The Bertz CT molecular complexity index is 1750. The number of amides is 6. The summed E-state index contributed by atoms with van der Waals surface area (Å²) < 4.78 is 0. The smallest absolute Gasteiger partial charge is 0.245 e. The lowest BCUT2D eigenvalue weighted by molar-refractivity contribution is -0.137. The van der Waals surface area contributed by atoms with E-state index in [0.29, 0.717) is 77.8 Å². The molecule has 388 valence electrons. The van der Waals surface area contributed by atoms with E-state index in [1.165, 1.54) is 32.4 Å². The quantitative estimate of drug-likeness (QED) is 0.0460. The zero-order valence-electron chi connectivity index (χ0n) is 42.1. The van der Waals surface area contributed by atoms with Gasteiger partial charge in [-0.3, -0.25) is 28.8 Å². The van der Waals surface area contributed by atoms with Crippen LogP contribution in [0.5, 0.6) is 0 Å². The summed E-state index contributed by atoms with van der Waals surface area (Å²) in [6.45, 7) is 14.0. The molecule has 0 aromatic heterocycles. The summed E-state index contributed by atoms with van der Waals surface area (Å²) >= 11 is 0. The van der Waals surface area contributed by atoms with Crippen molar-refractivity contribution in [3.8, 4) is 0 Å². The van der Waals surface area contributed by atoms with Gasteiger partial charge in [-0.2, -0.15) is 0 Å². The first-order chi connectivity index (χ1) is 33.2. The van der Waals surface area contributed by atoms with Crippen LogP contribution in [0.1, 0.15) is 109 Å². The highest BCUT2D eigenvalue weighted by Crippen LogP contribution is 2.12. The summed E-state index contributed by atoms with van der Waals surface area (Å²) in [4.78, 5) is 82.8. The number of piperazine rings is 1. The topological polar surface area (TPSA) is 294 Å². The molecule has 6 atom stereocenters. The van der Waals surface area contributed by atoms with E-state index in [-0.39, 0.29) is 44.1 Å². The van der Waals surface area contributed by atoms with E-state index in [1.54, 1.807) is 4.90 Å². The van der Waals surface area contributed by atoms with Gasteiger partial charge in [-0.15, -0.1) is 0 Å². The lowest BCUT2D eigenvalue weighted by atomic mass is 10.00. The maximum atomic E-state index is 14.0. The lowest BCUT2D eigenvalue weighted by Gasteiger charge is -2.31. The largest absolute Gasteiger partial charge is 0.354 e. The van der Waals surface area contributed by atoms with Crippen molar-refractivity contribution in [1.29, 1.82) is 0 Å². The van der Waals surface area contributed by atoms with Crippen LogP contribution in [0, 0.1) is 5.92 Å². The zero-order chi connectivity index (χ0) is 50.8. The van der Waals surface area contributed by atoms with Crippen molar-refractivity contribution < 1.29 is 28.8 Å². The Kier molecular flexibility index (Phi) is 31.4. The number of hydrogen-bond acceptors (Lipinski definition) is 12. The molecule has 1 aliphatic heterocycles. The van der Waals surface area contributed by atoms with Crippen molar-refractivity contribution in [1.82, 2.24) is 42.1 Å². The predicted molar refractivity (Wildman–Crippen MR) is 274 cm³/mol. The fraction of sp³-hybridized carbons (Fsp3) is 0.647. The van der Waals surface area contributed by atoms with Crippen LogP contribution >= 0.6 is 0 Å². The summed E-state index contributed by atoms with van der Waals surface area (Å²) in [5.74, 6) is -2.60. The van der Waals surface area contributed by atoms with Crippen LogP contribution in [0.25, 0.3) is 0 Å². The van der Waals surface area contributed by atoms with Gasteiger partial charge in [0.2, 0.25) is 35.4 Å². The molecule has 18 nitrogen and oxygen atoms in total. The van der Waals surface area contributed by atoms with Gasteiger partial charge in [-0.05, 0) is 114 Å². The second kappa shape index (κ2) is 36.0. The molecule has 0 radical (unpaired) electrons. The molecule has 2 aromatic rings. The number of hydrogen-bond donors (Lipinski definition) is 11. The van der Waals surface area contributed by atoms with E-state index >= 15 is 0 Å². The fourth-order valence-electron chi connectivity index (χ4n) is 7.66. The number of unbranched alkanes of at least 4 members (excludes halogenated alkanes) is 2. The highest BCUT2D eigenvalue weighted by Gasteiger charge is 2.32. The Morgan fingerprint density at radius 1 is 0.565 bits per heavy atom. The minimum Gasteiger partial charge on any atom is -0.354 e. The van der Waals surface area contributed by atoms with Crippen LogP contribution in [0.3, 0.4) is 0 Å². The molecule has 1 aliphatic rings. The van der Waals surface area contributed by atoms with Crippen LogP contribution in [-0.2, 0) is 41.6 Å². The number of nitrogens with zero attached hydrogens (tertiary/aromatic N) is 1. The summed E-state index contributed by atoms with van der Waals surface area (Å²) in [5, 5.41) is 20.8. The Morgan fingerprint density at radius 2 is 1.10 bits per heavy atom. The monoisotopic (exact) mass is 965 g/mol. The Hall–Kier alpha value is -4.98. The first-order valence-corrected chi connectivity index (χ1v) is 25.4. The number of carbonyl (C=O) groups is 6. The van der Waals surface area contributed by atoms with Gasteiger partial charge in [-0.1, -0.05) is 94.8 Å². The lowest BCUT2D eigenvalue weighted by Crippen LogP contribution is -2.58. The van der Waals surface area contributed by atoms with E-state index in [0.717, 1.165) is 11.1 Å². The molecule has 15 N–H and O–H groups in total. The maximum Gasteiger partial charge on any atom is 0.245 e. The van der Waals surface area contributed by atoms with Gasteiger partial charge in [-0.25, -0.2) is 0 Å². The molecule has 0 bridgehead atoms. The van der Waals surface area contributed by atoms with Crippen LogP contribution < -0.4 is 60.2 Å². The summed E-state index contributed by atoms with van der Waals surface area (Å²) in [7, 11) is 0. The minimum absolute atomic E-state index is 0.0115. The van der Waals surface area contributed by atoms with Crippen molar-refractivity contribution in [2.75, 3.05) is 58.9 Å². The van der Waals surface area contributed by atoms with Crippen LogP contribution in [0.4, 0.5) is 0 Å². The molecule has 6 amide bonds. The van der Waals surface area contributed by atoms with Crippen molar-refractivity contribution in [2.24, 2.45) is 28.9 Å². The first-order valence-electron chi connectivity index (χ1n) is 25.4. The van der Waals surface area contributed by atoms with Gasteiger partial charge >= 0.3 is 0 Å². The predicted octanol–water partition coefficient (Wildman–Crippen LogP) is 1.09. The molecule has 0 spiro atoms. The van der Waals surface area contributed by atoms with Crippen molar-refractivity contribution in [3.05, 3.63) is 71.8 Å². The second-order valence-electron chi connectivity index (χ2n) is 18.3. The van der Waals surface area contributed by atoms with E-state index in [2.05, 4.69) is 51.1 Å².